The molecule has 0 aliphatic carbocycles. The molecule has 0 fully saturated rings. The number of nitrogens with two attached hydrogens (primary N) is 1. The van der Waals surface area contributed by atoms with E-state index in [1.807, 2.05) is 263 Å². The van der Waals surface area contributed by atoms with Gasteiger partial charge in [-0.1, -0.05) is 291 Å². The number of unbranched alkanes of at least 4 members (excludes halogenated alkanes) is 6. The maximum absolute atomic E-state index is 12.8. The van der Waals surface area contributed by atoms with Crippen LogP contribution in [0.3, 0.4) is 0 Å². The Labute approximate surface area is 853 Å². The Kier molecular flexibility index (Phi) is 60.8. The van der Waals surface area contributed by atoms with Gasteiger partial charge in [0.05, 0.1) is 22.8 Å². The van der Waals surface area contributed by atoms with Crippen LogP contribution in [-0.2, 0) is 42.9 Å². The van der Waals surface area contributed by atoms with Gasteiger partial charge < -0.3 is 34.9 Å². The molecule has 16 nitrogen and oxygen atoms in total. The molecule has 0 radical (unpaired) electrons. The van der Waals surface area contributed by atoms with Gasteiger partial charge in [0, 0.05) is 89.6 Å². The Morgan fingerprint density at radius 3 is 0.660 bits per heavy atom. The van der Waals surface area contributed by atoms with Gasteiger partial charge in [-0.05, 0) is 165 Å². The summed E-state index contributed by atoms with van der Waals surface area (Å²) in [4.78, 5) is 79.0. The van der Waals surface area contributed by atoms with Crippen molar-refractivity contribution in [2.45, 2.75) is 308 Å². The third kappa shape index (κ3) is 67.2. The van der Waals surface area contributed by atoms with E-state index in [0.717, 1.165) is 54.6 Å². The minimum atomic E-state index is -4.20. The SMILES string of the molecule is CC(C)(C)OC(=O)CN=C(c1ccccc1)c1ccccc1.CC(C)(C)OC(=O)[C@@H](CCCCC(F)(F)F)N=C(c1ccccc1)c1ccccc1.CC(C)(C)OC(=O)[C@H](CCCCC(F)(F)F)N=C(c1ccccc1)c1ccccc1.CC(C)(C)OC(=O)[C@H](CCCCC(F)(F)F)N=C(c1ccccc1)c1ccccc1.Cl.FC(F)(F)CCCCI.N[C@@H](CCCCC(F)(F)F)C(=O)O.OCCCCC(F)(F)F. The van der Waals surface area contributed by atoms with E-state index in [4.69, 9.17) is 49.9 Å². The third-order valence-corrected chi connectivity index (χ3v) is 19.6. The molecular formula is C108H135ClF18IN5O11. The Hall–Kier alpha value is -10.5. The topological polar surface area (TPSA) is 238 Å². The number of carbonyl (C=O) groups is 5. The van der Waals surface area contributed by atoms with Crippen molar-refractivity contribution >= 4 is 87.7 Å². The summed E-state index contributed by atoms with van der Waals surface area (Å²) in [5.41, 5.74) is 12.0. The van der Waals surface area contributed by atoms with Crippen molar-refractivity contribution in [2.75, 3.05) is 17.6 Å². The van der Waals surface area contributed by atoms with Gasteiger partial charge in [-0.2, -0.15) is 79.0 Å². The van der Waals surface area contributed by atoms with Gasteiger partial charge in [-0.15, -0.1) is 12.4 Å². The molecule has 0 aromatic heterocycles. The molecule has 4 N–H and O–H groups in total. The van der Waals surface area contributed by atoms with Crippen molar-refractivity contribution in [1.29, 1.82) is 0 Å². The van der Waals surface area contributed by atoms with E-state index in [1.54, 1.807) is 62.3 Å². The molecule has 0 amide bonds. The number of carbonyl (C=O) groups excluding carboxylic acids is 4. The van der Waals surface area contributed by atoms with Crippen LogP contribution in [0.5, 0.6) is 0 Å². The first kappa shape index (κ1) is 131. The van der Waals surface area contributed by atoms with E-state index < -0.39 is 146 Å². The number of aliphatic imine (C=N–C) groups is 4. The molecule has 144 heavy (non-hydrogen) atoms. The predicted molar refractivity (Wildman–Crippen MR) is 540 cm³/mol. The smallest absolute Gasteiger partial charge is 0.389 e. The Morgan fingerprint density at radius 1 is 0.292 bits per heavy atom. The molecule has 798 valence electrons. The number of esters is 4. The molecule has 8 aromatic rings. The molecule has 8 aromatic carbocycles. The molecule has 0 saturated carbocycles. The number of hydrogen-bond donors (Lipinski definition) is 3. The normalized spacial score (nSPS) is 12.5. The second-order valence-electron chi connectivity index (χ2n) is 36.7. The molecule has 36 heteroatoms. The summed E-state index contributed by atoms with van der Waals surface area (Å²) in [6, 6.07) is 72.5. The van der Waals surface area contributed by atoms with E-state index in [0.29, 0.717) is 23.6 Å². The highest BCUT2D eigenvalue weighted by Crippen LogP contribution is 2.31. The lowest BCUT2D eigenvalue weighted by molar-refractivity contribution is -0.157. The number of nitrogens with zero attached hydrogens (tertiary/aromatic N) is 4. The predicted octanol–water partition coefficient (Wildman–Crippen LogP) is 29.7. The second kappa shape index (κ2) is 66.6. The van der Waals surface area contributed by atoms with Crippen molar-refractivity contribution in [3.8, 4) is 0 Å². The fraction of sp³-hybridized carbons (Fsp3) is 0.472. The Bertz CT molecular complexity index is 4470. The summed E-state index contributed by atoms with van der Waals surface area (Å²) in [5, 5.41) is 16.4. The number of rotatable bonds is 39. The number of carboxylic acids is 1. The highest BCUT2D eigenvalue weighted by molar-refractivity contribution is 14.1. The van der Waals surface area contributed by atoms with Crippen LogP contribution in [0.25, 0.3) is 0 Å². The highest BCUT2D eigenvalue weighted by Gasteiger charge is 2.35. The Morgan fingerprint density at radius 2 is 0.479 bits per heavy atom. The van der Waals surface area contributed by atoms with Gasteiger partial charge >= 0.3 is 66.9 Å². The summed E-state index contributed by atoms with van der Waals surface area (Å²) in [5.74, 6) is -3.08. The molecule has 0 saturated heterocycles. The van der Waals surface area contributed by atoms with Crippen LogP contribution in [0.2, 0.25) is 0 Å². The van der Waals surface area contributed by atoms with E-state index >= 15 is 0 Å². The standard InChI is InChI=1S/3C24H28F3NO2.C19H21NO2.C7H12F3NO2.C5H8F3I.C5H9F3O.ClH/c3*1-23(2,3)30-22(29)20(16-10-11-17-24(25,26)27)28-21(18-12-6-4-7-13-18)19-14-8-5-9-15-19;1-19(2,3)22-17(21)14-20-18(15-10-6-4-7-11-15)16-12-8-5-9-13-16;8-7(9,10)4-2-1-3-5(11)6(12)13;2*6-5(7,8)3-1-2-4-9;/h3*4-9,12-15,20H,10-11,16-17H2,1-3H3;4-13H,14H2,1-3H3;5H,1-4,11H2,(H,12,13);1-4H2;9H,1-4H2;1H/t3*20-;;5-;;;/m100.0.../s1. The van der Waals surface area contributed by atoms with Crippen LogP contribution < -0.4 is 5.73 Å². The zero-order valence-corrected chi connectivity index (χ0v) is 86.1. The minimum absolute atomic E-state index is 0. The van der Waals surface area contributed by atoms with Crippen molar-refractivity contribution in [3.63, 3.8) is 0 Å². The summed E-state index contributed by atoms with van der Waals surface area (Å²) in [6.45, 7) is 21.2. The van der Waals surface area contributed by atoms with Gasteiger partial charge in [0.1, 0.15) is 53.1 Å². The molecule has 0 aliphatic heterocycles. The van der Waals surface area contributed by atoms with Crippen molar-refractivity contribution < 1.29 is 132 Å². The molecule has 0 spiro atoms. The average Bonchev–Trinajstić information content (AvgIpc) is 0.840. The molecule has 0 bridgehead atoms. The zero-order chi connectivity index (χ0) is 108. The summed E-state index contributed by atoms with van der Waals surface area (Å²) in [7, 11) is 0. The van der Waals surface area contributed by atoms with Gasteiger partial charge in [-0.25, -0.2) is 14.4 Å². The van der Waals surface area contributed by atoms with Crippen LogP contribution in [0.1, 0.15) is 269 Å². The monoisotopic (exact) mass is 2180 g/mol. The quantitative estimate of drug-likeness (QED) is 0.00620. The average molecular weight is 2180 g/mol. The number of aliphatic hydroxyl groups excluding tert-OH is 1. The van der Waals surface area contributed by atoms with E-state index in [9.17, 15) is 103 Å². The van der Waals surface area contributed by atoms with E-state index in [-0.39, 0.29) is 128 Å². The zero-order valence-electron chi connectivity index (χ0n) is 83.1. The first-order chi connectivity index (χ1) is 66.6. The third-order valence-electron chi connectivity index (χ3n) is 18.9. The number of hydrogen-bond acceptors (Lipinski definition) is 15. The highest BCUT2D eigenvalue weighted by atomic mass is 127. The first-order valence-electron chi connectivity index (χ1n) is 46.7. The molecule has 4 atom stereocenters. The number of ether oxygens (including phenoxy) is 4. The number of carboxylic acid groups (broad SMARTS) is 1. The lowest BCUT2D eigenvalue weighted by atomic mass is 10.0. The van der Waals surface area contributed by atoms with Crippen LogP contribution in [-0.4, -0.2) is 164 Å². The number of alkyl halides is 19. The van der Waals surface area contributed by atoms with Crippen molar-refractivity contribution in [1.82, 2.24) is 0 Å². The van der Waals surface area contributed by atoms with Crippen molar-refractivity contribution in [2.24, 2.45) is 25.7 Å². The number of aliphatic carboxylic acids is 1. The fourth-order valence-electron chi connectivity index (χ4n) is 12.5. The van der Waals surface area contributed by atoms with Gasteiger partial charge in [0.15, 0.2) is 0 Å². The van der Waals surface area contributed by atoms with E-state index in [1.165, 1.54) is 0 Å². The number of benzene rings is 8. The maximum Gasteiger partial charge on any atom is 0.389 e. The van der Waals surface area contributed by atoms with Gasteiger partial charge in [-0.3, -0.25) is 29.6 Å². The molecular weight excluding hydrogens is 2050 g/mol. The van der Waals surface area contributed by atoms with Crippen LogP contribution in [0.15, 0.2) is 263 Å². The second-order valence-corrected chi connectivity index (χ2v) is 37.8. The van der Waals surface area contributed by atoms with Crippen LogP contribution >= 0.6 is 35.0 Å². The largest absolute Gasteiger partial charge is 0.480 e. The van der Waals surface area contributed by atoms with Crippen LogP contribution in [0.4, 0.5) is 79.0 Å². The summed E-state index contributed by atoms with van der Waals surface area (Å²) >= 11 is 2.07. The lowest BCUT2D eigenvalue weighted by Crippen LogP contribution is -2.32. The number of halogens is 20. The first-order valence-corrected chi connectivity index (χ1v) is 48.3. The van der Waals surface area contributed by atoms with Gasteiger partial charge in [0.2, 0.25) is 0 Å². The molecule has 0 heterocycles. The van der Waals surface area contributed by atoms with Crippen LogP contribution in [0, 0.1) is 0 Å². The summed E-state index contributed by atoms with van der Waals surface area (Å²) in [6.07, 6.45) is -27.2. The molecule has 0 aliphatic rings. The minimum Gasteiger partial charge on any atom is -0.480 e. The molecule has 0 unspecified atom stereocenters. The van der Waals surface area contributed by atoms with Gasteiger partial charge in [0.25, 0.3) is 0 Å². The Balaban J connectivity index is 0.000000874. The van der Waals surface area contributed by atoms with E-state index in [2.05, 4.69) is 27.6 Å². The number of aliphatic hydroxyl groups is 1. The van der Waals surface area contributed by atoms with Crippen molar-refractivity contribution in [3.05, 3.63) is 287 Å². The summed E-state index contributed by atoms with van der Waals surface area (Å²) < 4.78 is 238. The lowest BCUT2D eigenvalue weighted by Gasteiger charge is -2.23. The fourth-order valence-corrected chi connectivity index (χ4v) is 13.1. The maximum atomic E-state index is 12.8. The molecule has 8 rings (SSSR count).